The Morgan fingerprint density at radius 1 is 1.16 bits per heavy atom. The summed E-state index contributed by atoms with van der Waals surface area (Å²) in [6, 6.07) is 5.50. The van der Waals surface area contributed by atoms with E-state index in [2.05, 4.69) is 32.0 Å². The second kappa shape index (κ2) is 12.6. The third kappa shape index (κ3) is 7.96. The van der Waals surface area contributed by atoms with Crippen molar-refractivity contribution in [3.8, 4) is 17.7 Å². The largest absolute Gasteiger partial charge is 0.490 e. The van der Waals surface area contributed by atoms with Crippen LogP contribution in [-0.4, -0.2) is 62.6 Å². The number of pyridine rings is 2. The molecular weight excluding hydrogens is 517 g/mol. The number of aromatic nitrogens is 5. The van der Waals surface area contributed by atoms with Crippen molar-refractivity contribution in [2.45, 2.75) is 19.5 Å². The van der Waals surface area contributed by atoms with Gasteiger partial charge in [0.05, 0.1) is 0 Å². The number of hydrogen-bond acceptors (Lipinski definition) is 7. The van der Waals surface area contributed by atoms with E-state index in [9.17, 15) is 26.7 Å². The van der Waals surface area contributed by atoms with Gasteiger partial charge in [0.1, 0.15) is 17.5 Å². The summed E-state index contributed by atoms with van der Waals surface area (Å²) in [5.41, 5.74) is 6.51. The van der Waals surface area contributed by atoms with Crippen molar-refractivity contribution in [2.75, 3.05) is 25.5 Å². The maximum absolute atomic E-state index is 13.0. The summed E-state index contributed by atoms with van der Waals surface area (Å²) in [4.78, 5) is 31.6. The average Bonchev–Trinajstić information content (AvgIpc) is 3.20. The number of carboxylic acid groups (broad SMARTS) is 1. The van der Waals surface area contributed by atoms with Crippen LogP contribution in [0.25, 0.3) is 5.82 Å². The molecule has 3 aromatic rings. The summed E-state index contributed by atoms with van der Waals surface area (Å²) in [6.45, 7) is 1.41. The number of nitrogens with two attached hydrogens (primary N) is 1. The molecule has 4 N–H and O–H groups in total. The molecule has 0 aromatic carbocycles. The number of halogens is 5. The molecule has 0 spiro atoms. The number of aryl methyl sites for hydroxylation is 1. The van der Waals surface area contributed by atoms with Gasteiger partial charge < -0.3 is 15.7 Å². The van der Waals surface area contributed by atoms with E-state index in [0.717, 1.165) is 15.9 Å². The lowest BCUT2D eigenvalue weighted by Crippen LogP contribution is -2.21. The van der Waals surface area contributed by atoms with Crippen molar-refractivity contribution in [2.24, 2.45) is 5.73 Å². The van der Waals surface area contributed by atoms with Crippen LogP contribution < -0.4 is 16.3 Å². The second-order valence-electron chi connectivity index (χ2n) is 7.74. The number of carbonyl (C=O) groups is 1. The minimum Gasteiger partial charge on any atom is -0.475 e. The first-order valence-corrected chi connectivity index (χ1v) is 10.6. The third-order valence-electron chi connectivity index (χ3n) is 4.69. The number of alkyl halides is 3. The highest BCUT2D eigenvalue weighted by atomic mass is 19.4. The zero-order valence-electron chi connectivity index (χ0n) is 20.3. The number of H-pyrrole nitrogens is 1. The van der Waals surface area contributed by atoms with Crippen LogP contribution >= 0.6 is 0 Å². The molecule has 0 unspecified atom stereocenters. The van der Waals surface area contributed by atoms with E-state index in [4.69, 9.17) is 15.6 Å². The van der Waals surface area contributed by atoms with E-state index in [1.165, 1.54) is 6.20 Å². The average molecular weight is 539 g/mol. The lowest BCUT2D eigenvalue weighted by Gasteiger charge is -2.09. The highest BCUT2D eigenvalue weighted by Crippen LogP contribution is 2.16. The van der Waals surface area contributed by atoms with E-state index in [0.29, 0.717) is 11.1 Å². The number of carboxylic acids is 1. The molecule has 10 nitrogen and oxygen atoms in total. The van der Waals surface area contributed by atoms with Gasteiger partial charge >= 0.3 is 17.8 Å². The first kappa shape index (κ1) is 29.6. The van der Waals surface area contributed by atoms with Gasteiger partial charge in [-0.05, 0) is 30.7 Å². The second-order valence-corrected chi connectivity index (χ2v) is 7.74. The van der Waals surface area contributed by atoms with E-state index < -0.39 is 23.9 Å². The minimum atomic E-state index is -5.08. The summed E-state index contributed by atoms with van der Waals surface area (Å²) in [5, 5.41) is 13.2. The highest BCUT2D eigenvalue weighted by Gasteiger charge is 2.38. The maximum Gasteiger partial charge on any atom is 0.490 e. The van der Waals surface area contributed by atoms with Crippen molar-refractivity contribution >= 4 is 11.8 Å². The Hall–Kier alpha value is -4.58. The van der Waals surface area contributed by atoms with Crippen LogP contribution in [-0.2, 0) is 11.2 Å². The Morgan fingerprint density at radius 2 is 1.76 bits per heavy atom. The number of nitrogens with one attached hydrogen (secondary N) is 1. The van der Waals surface area contributed by atoms with Crippen LogP contribution in [0.2, 0.25) is 0 Å². The Labute approximate surface area is 212 Å². The molecule has 38 heavy (non-hydrogen) atoms. The van der Waals surface area contributed by atoms with Gasteiger partial charge in [0, 0.05) is 56.2 Å². The van der Waals surface area contributed by atoms with Crippen LogP contribution in [0, 0.1) is 18.8 Å². The van der Waals surface area contributed by atoms with Crippen LogP contribution in [0.3, 0.4) is 0 Å². The molecule has 3 aromatic heterocycles. The summed E-state index contributed by atoms with van der Waals surface area (Å²) in [6.07, 6.45) is -4.04. The highest BCUT2D eigenvalue weighted by molar-refractivity contribution is 5.73. The van der Waals surface area contributed by atoms with E-state index in [1.807, 2.05) is 31.1 Å². The van der Waals surface area contributed by atoms with Crippen molar-refractivity contribution < 1.29 is 31.9 Å². The molecule has 0 aliphatic rings. The zero-order chi connectivity index (χ0) is 28.6. The minimum absolute atomic E-state index is 0.0970. The van der Waals surface area contributed by atoms with Crippen LogP contribution in [0.4, 0.5) is 27.8 Å². The molecule has 202 valence electrons. The molecule has 0 aliphatic heterocycles. The molecule has 0 saturated heterocycles. The number of hydrogen-bond donors (Lipinski definition) is 3. The van der Waals surface area contributed by atoms with Gasteiger partial charge in [-0.15, -0.1) is 0 Å². The molecule has 3 rings (SSSR count). The fraction of sp³-hybridized carbons (Fsp3) is 0.261. The molecule has 0 fully saturated rings. The summed E-state index contributed by atoms with van der Waals surface area (Å²) >= 11 is 0. The fourth-order valence-electron chi connectivity index (χ4n) is 2.81. The predicted octanol–water partition coefficient (Wildman–Crippen LogP) is 2.41. The molecule has 3 heterocycles. The smallest absolute Gasteiger partial charge is 0.475 e. The number of nitrogens with zero attached hydrogens (tertiary/aromatic N) is 5. The zero-order valence-corrected chi connectivity index (χ0v) is 20.3. The number of rotatable bonds is 5. The van der Waals surface area contributed by atoms with Gasteiger partial charge in [0.15, 0.2) is 0 Å². The lowest BCUT2D eigenvalue weighted by molar-refractivity contribution is -0.192. The fourth-order valence-corrected chi connectivity index (χ4v) is 2.81. The first-order valence-electron chi connectivity index (χ1n) is 10.6. The third-order valence-corrected chi connectivity index (χ3v) is 4.69. The number of aromatic amines is 1. The van der Waals surface area contributed by atoms with Crippen molar-refractivity contribution in [3.63, 3.8) is 0 Å². The normalized spacial score (nSPS) is 10.6. The molecule has 0 bridgehead atoms. The molecule has 0 radical (unpaired) electrons. The van der Waals surface area contributed by atoms with Gasteiger partial charge in [0.25, 0.3) is 6.08 Å². The molecule has 0 amide bonds. The van der Waals surface area contributed by atoms with Crippen molar-refractivity contribution in [3.05, 3.63) is 75.2 Å². The molecule has 15 heteroatoms. The Kier molecular flexibility index (Phi) is 9.82. The molecule has 0 atom stereocenters. The molecule has 0 saturated carbocycles. The van der Waals surface area contributed by atoms with E-state index >= 15 is 0 Å². The van der Waals surface area contributed by atoms with Crippen LogP contribution in [0.5, 0.6) is 0 Å². The maximum atomic E-state index is 13.0. The Bertz CT molecular complexity index is 1430. The van der Waals surface area contributed by atoms with Crippen LogP contribution in [0.1, 0.15) is 22.5 Å². The van der Waals surface area contributed by atoms with E-state index in [1.54, 1.807) is 19.2 Å². The summed E-state index contributed by atoms with van der Waals surface area (Å²) in [7, 11) is 3.81. The van der Waals surface area contributed by atoms with Gasteiger partial charge in [-0.3, -0.25) is 0 Å². The summed E-state index contributed by atoms with van der Waals surface area (Å²) < 4.78 is 58.9. The lowest BCUT2D eigenvalue weighted by atomic mass is 10.1. The van der Waals surface area contributed by atoms with E-state index in [-0.39, 0.29) is 30.2 Å². The quantitative estimate of drug-likeness (QED) is 0.332. The SMILES string of the molecule is Cc1cc(C#Cc2ccc(N(C)C)nc2)cnc1-n1c(CC(CN)=C(F)F)n[nH]c1=O.O=C(O)C(F)(F)F. The standard InChI is InChI=1S/C21H21F2N7O.C2HF3O2/c1-13-8-15(5-4-14-6-7-17(25-11-14)29(2)3)12-26-20(13)30-18(27-28-21(30)31)9-16(10-24)19(22)23;3-2(4,5)1(6)7/h6-8,11-12H,9-10,24H2,1-3H3,(H,28,31);(H,6,7). The Morgan fingerprint density at radius 3 is 2.24 bits per heavy atom. The van der Waals surface area contributed by atoms with Gasteiger partial charge in [-0.2, -0.15) is 27.1 Å². The van der Waals surface area contributed by atoms with Crippen molar-refractivity contribution in [1.82, 2.24) is 24.7 Å². The summed E-state index contributed by atoms with van der Waals surface area (Å²) in [5.74, 6) is 4.48. The first-order chi connectivity index (χ1) is 17.7. The number of anilines is 1. The predicted molar refractivity (Wildman–Crippen MR) is 127 cm³/mol. The van der Waals surface area contributed by atoms with Gasteiger partial charge in [-0.1, -0.05) is 11.8 Å². The van der Waals surface area contributed by atoms with Gasteiger partial charge in [-0.25, -0.2) is 29.2 Å². The molecular formula is C23H22F5N7O3. The van der Waals surface area contributed by atoms with Crippen molar-refractivity contribution in [1.29, 1.82) is 0 Å². The van der Waals surface area contributed by atoms with Crippen LogP contribution in [0.15, 0.2) is 47.0 Å². The Balaban J connectivity index is 0.000000638. The topological polar surface area (TPSA) is 143 Å². The number of aliphatic carboxylic acids is 1. The molecule has 0 aliphatic carbocycles. The monoisotopic (exact) mass is 539 g/mol. The van der Waals surface area contributed by atoms with Gasteiger partial charge in [0.2, 0.25) is 0 Å².